The second-order valence-electron chi connectivity index (χ2n) is 4.32. The largest absolute Gasteiger partial charge is 0.294 e. The molecule has 0 N–H and O–H groups in total. The van der Waals surface area contributed by atoms with Crippen molar-refractivity contribution in [1.82, 2.24) is 0 Å². The maximum absolute atomic E-state index is 12.2. The lowest BCUT2D eigenvalue weighted by Gasteiger charge is -2.06. The molecule has 0 atom stereocenters. The van der Waals surface area contributed by atoms with Crippen LogP contribution in [0.25, 0.3) is 0 Å². The van der Waals surface area contributed by atoms with Crippen molar-refractivity contribution in [2.75, 3.05) is 0 Å². The second kappa shape index (κ2) is 6.08. The van der Waals surface area contributed by atoms with Crippen LogP contribution in [0.5, 0.6) is 0 Å². The lowest BCUT2D eigenvalue weighted by molar-refractivity contribution is 0.0993. The average molecular weight is 358 g/mol. The van der Waals surface area contributed by atoms with E-state index in [1.54, 1.807) is 18.2 Å². The van der Waals surface area contributed by atoms with Gasteiger partial charge in [-0.1, -0.05) is 51.3 Å². The highest BCUT2D eigenvalue weighted by molar-refractivity contribution is 9.10. The Hall–Kier alpha value is -0.830. The van der Waals surface area contributed by atoms with Crippen molar-refractivity contribution in [3.63, 3.8) is 0 Å². The highest BCUT2D eigenvalue weighted by atomic mass is 79.9. The number of hydrogen-bond acceptors (Lipinski definition) is 1. The third-order valence-electron chi connectivity index (χ3n) is 2.79. The van der Waals surface area contributed by atoms with Crippen molar-refractivity contribution in [1.29, 1.82) is 0 Å². The molecule has 0 spiro atoms. The zero-order valence-electron chi connectivity index (χ0n) is 10.2. The number of carbonyl (C=O) groups excluding carboxylic acids is 1. The molecular weight excluding hydrogens is 347 g/mol. The smallest absolute Gasteiger partial charge is 0.168 e. The number of Topliss-reactive ketones (excluding diaryl/α,β-unsaturated/α-hetero) is 1. The van der Waals surface area contributed by atoms with E-state index in [4.69, 9.17) is 23.2 Å². The summed E-state index contributed by atoms with van der Waals surface area (Å²) in [5.74, 6) is -0.0331. The van der Waals surface area contributed by atoms with E-state index in [9.17, 15) is 4.79 Å². The lowest BCUT2D eigenvalue weighted by Crippen LogP contribution is -2.05. The fourth-order valence-corrected chi connectivity index (χ4v) is 2.86. The maximum atomic E-state index is 12.2. The highest BCUT2D eigenvalue weighted by Gasteiger charge is 2.13. The molecule has 2 aromatic rings. The van der Waals surface area contributed by atoms with Crippen LogP contribution < -0.4 is 0 Å². The van der Waals surface area contributed by atoms with Crippen LogP contribution in [0.2, 0.25) is 10.0 Å². The normalized spacial score (nSPS) is 10.5. The number of aryl methyl sites for hydroxylation is 1. The van der Waals surface area contributed by atoms with E-state index in [0.717, 1.165) is 15.6 Å². The fourth-order valence-electron chi connectivity index (χ4n) is 1.78. The van der Waals surface area contributed by atoms with Gasteiger partial charge in [-0.3, -0.25) is 4.79 Å². The summed E-state index contributed by atoms with van der Waals surface area (Å²) in [6, 6.07) is 10.9. The van der Waals surface area contributed by atoms with Crippen LogP contribution in [-0.2, 0) is 6.42 Å². The Kier molecular flexibility index (Phi) is 4.67. The SMILES string of the molecule is Cc1ccc(C(=O)Cc2ccc(Br)cc2Cl)c(Cl)c1. The van der Waals surface area contributed by atoms with Gasteiger partial charge < -0.3 is 0 Å². The summed E-state index contributed by atoms with van der Waals surface area (Å²) in [5.41, 5.74) is 2.36. The van der Waals surface area contributed by atoms with E-state index < -0.39 is 0 Å². The molecule has 0 fully saturated rings. The molecule has 19 heavy (non-hydrogen) atoms. The third kappa shape index (κ3) is 3.59. The molecule has 2 rings (SSSR count). The van der Waals surface area contributed by atoms with Crippen LogP contribution in [0.4, 0.5) is 0 Å². The van der Waals surface area contributed by atoms with Crippen molar-refractivity contribution in [3.05, 3.63) is 67.6 Å². The van der Waals surface area contributed by atoms with Crippen LogP contribution in [0.3, 0.4) is 0 Å². The summed E-state index contributed by atoms with van der Waals surface area (Å²) < 4.78 is 0.891. The summed E-state index contributed by atoms with van der Waals surface area (Å²) in [6.45, 7) is 1.94. The first-order chi connectivity index (χ1) is 8.97. The molecule has 0 bridgehead atoms. The summed E-state index contributed by atoms with van der Waals surface area (Å²) in [6.07, 6.45) is 0.245. The van der Waals surface area contributed by atoms with Crippen molar-refractivity contribution in [2.45, 2.75) is 13.3 Å². The molecule has 0 unspecified atom stereocenters. The van der Waals surface area contributed by atoms with E-state index >= 15 is 0 Å². The quantitative estimate of drug-likeness (QED) is 0.664. The Morgan fingerprint density at radius 2 is 1.84 bits per heavy atom. The Morgan fingerprint density at radius 3 is 2.47 bits per heavy atom. The van der Waals surface area contributed by atoms with Gasteiger partial charge in [-0.25, -0.2) is 0 Å². The number of rotatable bonds is 3. The molecular formula is C15H11BrCl2O. The van der Waals surface area contributed by atoms with Crippen molar-refractivity contribution in [2.24, 2.45) is 0 Å². The van der Waals surface area contributed by atoms with Gasteiger partial charge in [-0.2, -0.15) is 0 Å². The minimum absolute atomic E-state index is 0.0331. The maximum Gasteiger partial charge on any atom is 0.168 e. The minimum Gasteiger partial charge on any atom is -0.294 e. The molecule has 0 aromatic heterocycles. The van der Waals surface area contributed by atoms with Gasteiger partial charge in [0.15, 0.2) is 5.78 Å². The molecule has 0 amide bonds. The zero-order valence-corrected chi connectivity index (χ0v) is 13.3. The zero-order chi connectivity index (χ0) is 14.0. The molecule has 0 saturated carbocycles. The number of halogens is 3. The Balaban J connectivity index is 2.25. The van der Waals surface area contributed by atoms with Gasteiger partial charge in [0.25, 0.3) is 0 Å². The monoisotopic (exact) mass is 356 g/mol. The second-order valence-corrected chi connectivity index (χ2v) is 6.05. The Labute approximate surface area is 130 Å². The lowest BCUT2D eigenvalue weighted by atomic mass is 10.0. The van der Waals surface area contributed by atoms with E-state index in [1.807, 2.05) is 25.1 Å². The first-order valence-corrected chi connectivity index (χ1v) is 7.25. The molecule has 0 radical (unpaired) electrons. The van der Waals surface area contributed by atoms with Gasteiger partial charge in [0.1, 0.15) is 0 Å². The molecule has 0 aliphatic carbocycles. The van der Waals surface area contributed by atoms with Gasteiger partial charge in [0.05, 0.1) is 5.02 Å². The highest BCUT2D eigenvalue weighted by Crippen LogP contribution is 2.24. The predicted octanol–water partition coefficient (Wildman–Crippen LogP) is 5.49. The van der Waals surface area contributed by atoms with Gasteiger partial charge in [-0.05, 0) is 42.3 Å². The van der Waals surface area contributed by atoms with Gasteiger partial charge >= 0.3 is 0 Å². The summed E-state index contributed by atoms with van der Waals surface area (Å²) >= 11 is 15.5. The van der Waals surface area contributed by atoms with Gasteiger partial charge in [-0.15, -0.1) is 0 Å². The predicted molar refractivity (Wildman–Crippen MR) is 83.4 cm³/mol. The summed E-state index contributed by atoms with van der Waals surface area (Å²) in [4.78, 5) is 12.2. The van der Waals surface area contributed by atoms with Crippen LogP contribution in [0, 0.1) is 6.92 Å². The molecule has 4 heteroatoms. The van der Waals surface area contributed by atoms with E-state index in [0.29, 0.717) is 15.6 Å². The number of benzene rings is 2. The Bertz CT molecular complexity index is 638. The fraction of sp³-hybridized carbons (Fsp3) is 0.133. The van der Waals surface area contributed by atoms with Crippen molar-refractivity contribution in [3.8, 4) is 0 Å². The summed E-state index contributed by atoms with van der Waals surface area (Å²) in [7, 11) is 0. The number of carbonyl (C=O) groups is 1. The molecule has 0 aliphatic rings. The molecule has 98 valence electrons. The topological polar surface area (TPSA) is 17.1 Å². The van der Waals surface area contributed by atoms with Gasteiger partial charge in [0, 0.05) is 21.5 Å². The van der Waals surface area contributed by atoms with Crippen LogP contribution in [-0.4, -0.2) is 5.78 Å². The van der Waals surface area contributed by atoms with Gasteiger partial charge in [0.2, 0.25) is 0 Å². The van der Waals surface area contributed by atoms with Crippen LogP contribution in [0.1, 0.15) is 21.5 Å². The van der Waals surface area contributed by atoms with Crippen LogP contribution in [0.15, 0.2) is 40.9 Å². The number of hydrogen-bond donors (Lipinski definition) is 0. The molecule has 1 nitrogen and oxygen atoms in total. The van der Waals surface area contributed by atoms with E-state index in [1.165, 1.54) is 0 Å². The average Bonchev–Trinajstić information content (AvgIpc) is 2.32. The summed E-state index contributed by atoms with van der Waals surface area (Å²) in [5, 5.41) is 1.06. The van der Waals surface area contributed by atoms with E-state index in [-0.39, 0.29) is 12.2 Å². The third-order valence-corrected chi connectivity index (χ3v) is 3.95. The minimum atomic E-state index is -0.0331. The Morgan fingerprint density at radius 1 is 1.11 bits per heavy atom. The van der Waals surface area contributed by atoms with Crippen molar-refractivity contribution >= 4 is 44.9 Å². The molecule has 0 aliphatic heterocycles. The van der Waals surface area contributed by atoms with Crippen molar-refractivity contribution < 1.29 is 4.79 Å². The van der Waals surface area contributed by atoms with Crippen LogP contribution >= 0.6 is 39.1 Å². The number of ketones is 1. The standard InChI is InChI=1S/C15H11BrCl2O/c1-9-2-5-12(14(18)6-9)15(19)7-10-3-4-11(16)8-13(10)17/h2-6,8H,7H2,1H3. The first-order valence-electron chi connectivity index (χ1n) is 5.70. The first kappa shape index (κ1) is 14.6. The molecule has 2 aromatic carbocycles. The van der Waals surface area contributed by atoms with E-state index in [2.05, 4.69) is 15.9 Å². The molecule has 0 saturated heterocycles. The molecule has 0 heterocycles.